The normalized spacial score (nSPS) is 12.8. The van der Waals surface area contributed by atoms with Gasteiger partial charge in [-0.3, -0.25) is 4.90 Å². The highest BCUT2D eigenvalue weighted by atomic mass is 79.9. The number of thiocarbonyl (C=S) groups is 1. The molecule has 2 nitrogen and oxygen atoms in total. The Balaban J connectivity index is 2.70. The molecule has 82 valence electrons. The fourth-order valence-corrected chi connectivity index (χ4v) is 1.84. The minimum absolute atomic E-state index is 0.118. The quantitative estimate of drug-likeness (QED) is 0.863. The predicted molar refractivity (Wildman–Crippen MR) is 71.9 cm³/mol. The fourth-order valence-electron chi connectivity index (χ4n) is 1.25. The molecule has 15 heavy (non-hydrogen) atoms. The topological polar surface area (TPSA) is 29.3 Å². The lowest BCUT2D eigenvalue weighted by Crippen LogP contribution is -2.38. The number of hydrogen-bond donors (Lipinski definition) is 1. The number of nitrogens with two attached hydrogens (primary N) is 1. The number of likely N-dealkylation sites (N-methyl/N-ethyl adjacent to an activating group) is 1. The van der Waals surface area contributed by atoms with Crippen LogP contribution in [0.25, 0.3) is 0 Å². The van der Waals surface area contributed by atoms with E-state index in [4.69, 9.17) is 18.0 Å². The number of benzene rings is 1. The smallest absolute Gasteiger partial charge is 0.0899 e. The van der Waals surface area contributed by atoms with Gasteiger partial charge < -0.3 is 5.73 Å². The first-order valence-corrected chi connectivity index (χ1v) is 5.95. The lowest BCUT2D eigenvalue weighted by Gasteiger charge is -2.24. The molecule has 0 aliphatic rings. The van der Waals surface area contributed by atoms with Crippen LogP contribution in [0.4, 0.5) is 0 Å². The van der Waals surface area contributed by atoms with Crippen LogP contribution >= 0.6 is 28.1 Å². The van der Waals surface area contributed by atoms with E-state index < -0.39 is 0 Å². The largest absolute Gasteiger partial charge is 0.392 e. The third kappa shape index (κ3) is 3.55. The van der Waals surface area contributed by atoms with E-state index >= 15 is 0 Å². The van der Waals surface area contributed by atoms with Crippen LogP contribution in [0.2, 0.25) is 0 Å². The first kappa shape index (κ1) is 12.6. The van der Waals surface area contributed by atoms with Gasteiger partial charge in [-0.15, -0.1) is 0 Å². The summed E-state index contributed by atoms with van der Waals surface area (Å²) in [7, 11) is 2.02. The molecule has 1 unspecified atom stereocenters. The van der Waals surface area contributed by atoms with Crippen LogP contribution in [0, 0.1) is 0 Å². The van der Waals surface area contributed by atoms with Crippen molar-refractivity contribution < 1.29 is 0 Å². The SMILES string of the molecule is CC(C(N)=S)N(C)Cc1ccccc1Br. The molecule has 0 saturated heterocycles. The average molecular weight is 287 g/mol. The van der Waals surface area contributed by atoms with E-state index in [0.29, 0.717) is 4.99 Å². The van der Waals surface area contributed by atoms with E-state index in [0.717, 1.165) is 11.0 Å². The molecule has 0 saturated carbocycles. The maximum absolute atomic E-state index is 5.61. The number of nitrogens with zero attached hydrogens (tertiary/aromatic N) is 1. The Morgan fingerprint density at radius 3 is 2.67 bits per heavy atom. The molecule has 0 aliphatic carbocycles. The second-order valence-electron chi connectivity index (χ2n) is 3.58. The highest BCUT2D eigenvalue weighted by molar-refractivity contribution is 9.10. The number of halogens is 1. The van der Waals surface area contributed by atoms with Crippen molar-refractivity contribution in [1.82, 2.24) is 4.90 Å². The van der Waals surface area contributed by atoms with E-state index in [1.54, 1.807) is 0 Å². The van der Waals surface area contributed by atoms with Gasteiger partial charge in [0.25, 0.3) is 0 Å². The fraction of sp³-hybridized carbons (Fsp3) is 0.364. The van der Waals surface area contributed by atoms with Crippen LogP contribution < -0.4 is 5.73 Å². The molecule has 0 amide bonds. The van der Waals surface area contributed by atoms with Gasteiger partial charge in [-0.25, -0.2) is 0 Å². The second-order valence-corrected chi connectivity index (χ2v) is 4.91. The van der Waals surface area contributed by atoms with Crippen LogP contribution in [-0.4, -0.2) is 23.0 Å². The van der Waals surface area contributed by atoms with Gasteiger partial charge >= 0.3 is 0 Å². The molecular formula is C11H15BrN2S. The standard InChI is InChI=1S/C11H15BrN2S/c1-8(11(13)15)14(2)7-9-5-3-4-6-10(9)12/h3-6,8H,7H2,1-2H3,(H2,13,15). The molecule has 0 radical (unpaired) electrons. The molecule has 1 atom stereocenters. The first-order chi connectivity index (χ1) is 7.02. The summed E-state index contributed by atoms with van der Waals surface area (Å²) in [5.74, 6) is 0. The highest BCUT2D eigenvalue weighted by Gasteiger charge is 2.12. The molecule has 1 aromatic carbocycles. The van der Waals surface area contributed by atoms with Crippen molar-refractivity contribution in [2.24, 2.45) is 5.73 Å². The summed E-state index contributed by atoms with van der Waals surface area (Å²) in [6.45, 7) is 2.85. The summed E-state index contributed by atoms with van der Waals surface area (Å²) in [4.78, 5) is 2.66. The van der Waals surface area contributed by atoms with Crippen LogP contribution in [0.5, 0.6) is 0 Å². The summed E-state index contributed by atoms with van der Waals surface area (Å²) >= 11 is 8.49. The van der Waals surface area contributed by atoms with Crippen LogP contribution in [0.1, 0.15) is 12.5 Å². The van der Waals surface area contributed by atoms with Crippen molar-refractivity contribution in [1.29, 1.82) is 0 Å². The minimum atomic E-state index is 0.118. The van der Waals surface area contributed by atoms with Gasteiger partial charge in [0.2, 0.25) is 0 Å². The molecule has 0 aliphatic heterocycles. The Morgan fingerprint density at radius 2 is 2.13 bits per heavy atom. The minimum Gasteiger partial charge on any atom is -0.392 e. The Kier molecular flexibility index (Phi) is 4.70. The Bertz CT molecular complexity index is 354. The average Bonchev–Trinajstić information content (AvgIpc) is 2.20. The molecular weight excluding hydrogens is 272 g/mol. The molecule has 0 aromatic heterocycles. The first-order valence-electron chi connectivity index (χ1n) is 4.75. The van der Waals surface area contributed by atoms with Crippen molar-refractivity contribution in [2.75, 3.05) is 7.05 Å². The zero-order valence-corrected chi connectivity index (χ0v) is 11.3. The van der Waals surface area contributed by atoms with Crippen molar-refractivity contribution in [3.8, 4) is 0 Å². The van der Waals surface area contributed by atoms with E-state index in [2.05, 4.69) is 26.9 Å². The predicted octanol–water partition coefficient (Wildman–Crippen LogP) is 2.56. The van der Waals surface area contributed by atoms with Crippen LogP contribution in [0.3, 0.4) is 0 Å². The zero-order chi connectivity index (χ0) is 11.4. The van der Waals surface area contributed by atoms with Crippen molar-refractivity contribution in [3.05, 3.63) is 34.3 Å². The third-order valence-corrected chi connectivity index (χ3v) is 3.57. The van der Waals surface area contributed by atoms with E-state index in [-0.39, 0.29) is 6.04 Å². The van der Waals surface area contributed by atoms with Crippen molar-refractivity contribution in [3.63, 3.8) is 0 Å². The molecule has 0 heterocycles. The van der Waals surface area contributed by atoms with Gasteiger partial charge in [0.15, 0.2) is 0 Å². The van der Waals surface area contributed by atoms with Gasteiger partial charge in [-0.1, -0.05) is 46.3 Å². The number of hydrogen-bond acceptors (Lipinski definition) is 2. The van der Waals surface area contributed by atoms with Crippen molar-refractivity contribution in [2.45, 2.75) is 19.5 Å². The molecule has 1 aromatic rings. The Hall–Kier alpha value is -0.450. The van der Waals surface area contributed by atoms with Crippen LogP contribution in [0.15, 0.2) is 28.7 Å². The molecule has 2 N–H and O–H groups in total. The lowest BCUT2D eigenvalue weighted by molar-refractivity contribution is 0.304. The van der Waals surface area contributed by atoms with E-state index in [1.807, 2.05) is 32.2 Å². The molecule has 1 rings (SSSR count). The Labute approximate surface area is 105 Å². The Morgan fingerprint density at radius 1 is 1.53 bits per heavy atom. The van der Waals surface area contributed by atoms with E-state index in [9.17, 15) is 0 Å². The van der Waals surface area contributed by atoms with Gasteiger partial charge in [-0.05, 0) is 25.6 Å². The van der Waals surface area contributed by atoms with Crippen molar-refractivity contribution >= 4 is 33.1 Å². The van der Waals surface area contributed by atoms with Gasteiger partial charge in [-0.2, -0.15) is 0 Å². The summed E-state index contributed by atoms with van der Waals surface area (Å²) in [5, 5.41) is 0. The number of rotatable bonds is 4. The monoisotopic (exact) mass is 286 g/mol. The summed E-state index contributed by atoms with van der Waals surface area (Å²) in [5.41, 5.74) is 6.85. The highest BCUT2D eigenvalue weighted by Crippen LogP contribution is 2.18. The molecule has 0 spiro atoms. The summed E-state index contributed by atoms with van der Waals surface area (Å²) in [6.07, 6.45) is 0. The maximum atomic E-state index is 5.61. The molecule has 4 heteroatoms. The summed E-state index contributed by atoms with van der Waals surface area (Å²) < 4.78 is 1.12. The lowest BCUT2D eigenvalue weighted by atomic mass is 10.2. The zero-order valence-electron chi connectivity index (χ0n) is 8.90. The molecule has 0 fully saturated rings. The van der Waals surface area contributed by atoms with E-state index in [1.165, 1.54) is 5.56 Å². The third-order valence-electron chi connectivity index (χ3n) is 2.45. The second kappa shape index (κ2) is 5.58. The molecule has 0 bridgehead atoms. The summed E-state index contributed by atoms with van der Waals surface area (Å²) in [6, 6.07) is 8.28. The van der Waals surface area contributed by atoms with Gasteiger partial charge in [0.05, 0.1) is 11.0 Å². The maximum Gasteiger partial charge on any atom is 0.0899 e. The van der Waals surface area contributed by atoms with Crippen LogP contribution in [-0.2, 0) is 6.54 Å². The van der Waals surface area contributed by atoms with Gasteiger partial charge in [0, 0.05) is 11.0 Å². The van der Waals surface area contributed by atoms with Gasteiger partial charge in [0.1, 0.15) is 0 Å².